The van der Waals surface area contributed by atoms with Crippen LogP contribution in [0.15, 0.2) is 48.9 Å². The van der Waals surface area contributed by atoms with Gasteiger partial charge in [-0.2, -0.15) is 0 Å². The van der Waals surface area contributed by atoms with E-state index in [9.17, 15) is 4.39 Å². The molecule has 0 fully saturated rings. The van der Waals surface area contributed by atoms with Crippen molar-refractivity contribution in [3.05, 3.63) is 65.8 Å². The van der Waals surface area contributed by atoms with Gasteiger partial charge in [-0.25, -0.2) is 9.37 Å². The Morgan fingerprint density at radius 1 is 1.42 bits per heavy atom. The van der Waals surface area contributed by atoms with E-state index < -0.39 is 5.82 Å². The minimum Gasteiger partial charge on any atom is -0.513 e. The van der Waals surface area contributed by atoms with Crippen molar-refractivity contribution in [2.45, 2.75) is 13.3 Å². The van der Waals surface area contributed by atoms with Gasteiger partial charge in [0.2, 0.25) is 5.88 Å². The van der Waals surface area contributed by atoms with Crippen molar-refractivity contribution in [3.63, 3.8) is 0 Å². The summed E-state index contributed by atoms with van der Waals surface area (Å²) in [6.45, 7) is 5.21. The van der Waals surface area contributed by atoms with Gasteiger partial charge in [0.15, 0.2) is 11.6 Å². The zero-order valence-electron chi connectivity index (χ0n) is 10.6. The summed E-state index contributed by atoms with van der Waals surface area (Å²) in [6, 6.07) is 8.13. The molecule has 1 heterocycles. The Bertz CT molecular complexity index is 611. The second kappa shape index (κ2) is 5.52. The number of rotatable bonds is 4. The summed E-state index contributed by atoms with van der Waals surface area (Å²) in [7, 11) is 0. The Hall–Kier alpha value is -2.36. The average molecular weight is 259 g/mol. The fourth-order valence-corrected chi connectivity index (χ4v) is 1.65. The number of allylic oxidation sites excluding steroid dienone is 1. The lowest BCUT2D eigenvalue weighted by Gasteiger charge is -2.09. The lowest BCUT2D eigenvalue weighted by Crippen LogP contribution is -1.95. The first-order valence-electron chi connectivity index (χ1n) is 5.81. The lowest BCUT2D eigenvalue weighted by atomic mass is 10.1. The molecule has 0 atom stereocenters. The Kier molecular flexibility index (Phi) is 3.80. The van der Waals surface area contributed by atoms with E-state index in [2.05, 4.69) is 11.6 Å². The Labute approximate surface area is 111 Å². The third-order valence-corrected chi connectivity index (χ3v) is 2.57. The number of halogens is 1. The van der Waals surface area contributed by atoms with Crippen molar-refractivity contribution in [2.75, 3.05) is 0 Å². The van der Waals surface area contributed by atoms with Gasteiger partial charge < -0.3 is 9.84 Å². The van der Waals surface area contributed by atoms with E-state index in [1.807, 2.05) is 13.0 Å². The minimum absolute atomic E-state index is 0.00589. The van der Waals surface area contributed by atoms with E-state index in [1.165, 1.54) is 12.1 Å². The number of pyridine rings is 1. The summed E-state index contributed by atoms with van der Waals surface area (Å²) < 4.78 is 19.3. The van der Waals surface area contributed by atoms with Crippen molar-refractivity contribution in [3.8, 4) is 11.6 Å². The molecule has 1 aromatic carbocycles. The lowest BCUT2D eigenvalue weighted by molar-refractivity contribution is 0.400. The fraction of sp³-hybridized carbons (Fsp3) is 0.133. The molecule has 0 unspecified atom stereocenters. The quantitative estimate of drug-likeness (QED) is 0.846. The van der Waals surface area contributed by atoms with Crippen LogP contribution < -0.4 is 4.74 Å². The zero-order valence-corrected chi connectivity index (χ0v) is 10.6. The van der Waals surface area contributed by atoms with Gasteiger partial charge in [0.25, 0.3) is 0 Å². The predicted molar refractivity (Wildman–Crippen MR) is 70.9 cm³/mol. The smallest absolute Gasteiger partial charge is 0.222 e. The molecular weight excluding hydrogens is 245 g/mol. The van der Waals surface area contributed by atoms with Crippen LogP contribution in [0, 0.1) is 12.7 Å². The van der Waals surface area contributed by atoms with Crippen molar-refractivity contribution in [1.29, 1.82) is 0 Å². The Morgan fingerprint density at radius 3 is 2.84 bits per heavy atom. The third kappa shape index (κ3) is 3.31. The van der Waals surface area contributed by atoms with Gasteiger partial charge in [0.05, 0.1) is 5.76 Å². The molecule has 0 radical (unpaired) electrons. The molecule has 0 aliphatic carbocycles. The number of benzene rings is 1. The van der Waals surface area contributed by atoms with Gasteiger partial charge in [-0.3, -0.25) is 0 Å². The number of aryl methyl sites for hydroxylation is 1. The van der Waals surface area contributed by atoms with Crippen LogP contribution in [0.4, 0.5) is 4.39 Å². The number of aliphatic hydroxyl groups is 1. The van der Waals surface area contributed by atoms with Gasteiger partial charge in [-0.15, -0.1) is 0 Å². The molecule has 98 valence electrons. The van der Waals surface area contributed by atoms with Crippen molar-refractivity contribution in [2.24, 2.45) is 0 Å². The molecule has 0 aliphatic rings. The van der Waals surface area contributed by atoms with Crippen LogP contribution in [0.1, 0.15) is 11.1 Å². The molecule has 2 rings (SSSR count). The summed E-state index contributed by atoms with van der Waals surface area (Å²) in [4.78, 5) is 4.04. The maximum atomic E-state index is 13.9. The molecule has 19 heavy (non-hydrogen) atoms. The molecule has 0 saturated carbocycles. The van der Waals surface area contributed by atoms with Gasteiger partial charge in [-0.05, 0) is 30.7 Å². The molecule has 3 nitrogen and oxygen atoms in total. The highest BCUT2D eigenvalue weighted by atomic mass is 19.1. The van der Waals surface area contributed by atoms with Crippen molar-refractivity contribution < 1.29 is 14.2 Å². The molecular formula is C15H14FNO2. The largest absolute Gasteiger partial charge is 0.513 e. The fourth-order valence-electron chi connectivity index (χ4n) is 1.65. The topological polar surface area (TPSA) is 42.4 Å². The summed E-state index contributed by atoms with van der Waals surface area (Å²) in [5.41, 5.74) is 1.46. The molecule has 0 spiro atoms. The second-order valence-electron chi connectivity index (χ2n) is 4.24. The normalized spacial score (nSPS) is 10.2. The predicted octanol–water partition coefficient (Wildman–Crippen LogP) is 3.94. The molecule has 1 aromatic heterocycles. The number of ether oxygens (including phenoxy) is 1. The van der Waals surface area contributed by atoms with Crippen molar-refractivity contribution >= 4 is 0 Å². The first kappa shape index (κ1) is 13.1. The maximum Gasteiger partial charge on any atom is 0.222 e. The van der Waals surface area contributed by atoms with Gasteiger partial charge in [-0.1, -0.05) is 18.7 Å². The van der Waals surface area contributed by atoms with Crippen LogP contribution in [0.3, 0.4) is 0 Å². The monoisotopic (exact) mass is 259 g/mol. The molecule has 2 aromatic rings. The van der Waals surface area contributed by atoms with Crippen LogP contribution in [0.25, 0.3) is 0 Å². The summed E-state index contributed by atoms with van der Waals surface area (Å²) in [5.74, 6) is -0.0211. The number of aromatic nitrogens is 1. The van der Waals surface area contributed by atoms with Crippen molar-refractivity contribution in [1.82, 2.24) is 4.98 Å². The van der Waals surface area contributed by atoms with Crippen LogP contribution in [0.5, 0.6) is 11.6 Å². The summed E-state index contributed by atoms with van der Waals surface area (Å²) in [6.07, 6.45) is 1.81. The molecule has 0 bridgehead atoms. The number of hydrogen-bond donors (Lipinski definition) is 1. The third-order valence-electron chi connectivity index (χ3n) is 2.57. The average Bonchev–Trinajstić information content (AvgIpc) is 2.34. The van der Waals surface area contributed by atoms with Crippen LogP contribution in [-0.4, -0.2) is 10.1 Å². The highest BCUT2D eigenvalue weighted by Crippen LogP contribution is 2.26. The maximum absolute atomic E-state index is 13.9. The first-order valence-corrected chi connectivity index (χ1v) is 5.81. The molecule has 0 aliphatic heterocycles. The van der Waals surface area contributed by atoms with E-state index in [0.717, 1.165) is 5.56 Å². The summed E-state index contributed by atoms with van der Waals surface area (Å²) in [5, 5.41) is 9.08. The Morgan fingerprint density at radius 2 is 2.21 bits per heavy atom. The number of aliphatic hydroxyl groups excluding tert-OH is 1. The van der Waals surface area contributed by atoms with Crippen LogP contribution in [-0.2, 0) is 6.42 Å². The second-order valence-corrected chi connectivity index (χ2v) is 4.24. The van der Waals surface area contributed by atoms with Gasteiger partial charge >= 0.3 is 0 Å². The van der Waals surface area contributed by atoms with E-state index in [4.69, 9.17) is 9.84 Å². The Balaban J connectivity index is 2.22. The van der Waals surface area contributed by atoms with Crippen LogP contribution >= 0.6 is 0 Å². The minimum atomic E-state index is -0.496. The summed E-state index contributed by atoms with van der Waals surface area (Å²) >= 11 is 0. The molecule has 0 amide bonds. The SMILES string of the molecule is C=C(O)Cc1ccc(Oc2ncccc2C)c(F)c1. The van der Waals surface area contributed by atoms with E-state index in [1.54, 1.807) is 18.3 Å². The standard InChI is InChI=1S/C15H14FNO2/c1-10-4-3-7-17-15(10)19-14-6-5-12(8-11(2)18)9-13(14)16/h3-7,9,18H,2,8H2,1H3. The molecule has 1 N–H and O–H groups in total. The molecule has 4 heteroatoms. The number of hydrogen-bond acceptors (Lipinski definition) is 3. The van der Waals surface area contributed by atoms with Gasteiger partial charge in [0.1, 0.15) is 0 Å². The van der Waals surface area contributed by atoms with Gasteiger partial charge in [0, 0.05) is 18.2 Å². The highest BCUT2D eigenvalue weighted by Gasteiger charge is 2.08. The van der Waals surface area contributed by atoms with E-state index in [0.29, 0.717) is 11.4 Å². The molecule has 0 saturated heterocycles. The van der Waals surface area contributed by atoms with E-state index in [-0.39, 0.29) is 17.9 Å². The first-order chi connectivity index (χ1) is 9.06. The highest BCUT2D eigenvalue weighted by molar-refractivity contribution is 5.35. The number of nitrogens with zero attached hydrogens (tertiary/aromatic N) is 1. The van der Waals surface area contributed by atoms with Crippen LogP contribution in [0.2, 0.25) is 0 Å². The van der Waals surface area contributed by atoms with E-state index >= 15 is 0 Å². The zero-order chi connectivity index (χ0) is 13.8.